The predicted octanol–water partition coefficient (Wildman–Crippen LogP) is 1.53. The van der Waals surface area contributed by atoms with E-state index in [4.69, 9.17) is 5.26 Å². The molecular weight excluding hydrogens is 240 g/mol. The fourth-order valence-corrected chi connectivity index (χ4v) is 1.83. The van der Waals surface area contributed by atoms with Crippen molar-refractivity contribution in [3.63, 3.8) is 0 Å². The monoisotopic (exact) mass is 254 g/mol. The summed E-state index contributed by atoms with van der Waals surface area (Å²) in [7, 11) is 1.84. The first kappa shape index (κ1) is 12.8. The quantitative estimate of drug-likeness (QED) is 0.903. The number of benzene rings is 1. The first-order valence-corrected chi connectivity index (χ1v) is 5.87. The van der Waals surface area contributed by atoms with Gasteiger partial charge in [0.15, 0.2) is 0 Å². The summed E-state index contributed by atoms with van der Waals surface area (Å²) < 4.78 is 1.72. The molecule has 1 N–H and O–H groups in total. The summed E-state index contributed by atoms with van der Waals surface area (Å²) >= 11 is 0. The van der Waals surface area contributed by atoms with E-state index in [0.717, 1.165) is 11.3 Å². The van der Waals surface area contributed by atoms with Gasteiger partial charge in [-0.15, -0.1) is 0 Å². The van der Waals surface area contributed by atoms with E-state index < -0.39 is 0 Å². The van der Waals surface area contributed by atoms with Crippen molar-refractivity contribution >= 4 is 5.91 Å². The van der Waals surface area contributed by atoms with E-state index in [1.165, 1.54) is 0 Å². The Morgan fingerprint density at radius 2 is 2.32 bits per heavy atom. The van der Waals surface area contributed by atoms with Crippen LogP contribution in [0.5, 0.6) is 0 Å². The van der Waals surface area contributed by atoms with Crippen molar-refractivity contribution in [3.05, 3.63) is 52.8 Å². The van der Waals surface area contributed by atoms with Crippen molar-refractivity contribution in [2.24, 2.45) is 7.05 Å². The number of aryl methyl sites for hydroxylation is 2. The Bertz CT molecular complexity index is 652. The van der Waals surface area contributed by atoms with E-state index in [1.807, 2.05) is 26.2 Å². The summed E-state index contributed by atoms with van der Waals surface area (Å²) in [5, 5.41) is 15.8. The maximum absolute atomic E-state index is 12.0. The van der Waals surface area contributed by atoms with Crippen LogP contribution in [0.1, 0.15) is 27.2 Å². The molecule has 0 aliphatic carbocycles. The first-order valence-electron chi connectivity index (χ1n) is 5.87. The number of rotatable bonds is 3. The van der Waals surface area contributed by atoms with Crippen LogP contribution in [0.2, 0.25) is 0 Å². The van der Waals surface area contributed by atoms with Crippen LogP contribution in [0.4, 0.5) is 0 Å². The smallest absolute Gasteiger partial charge is 0.251 e. The molecule has 2 aromatic rings. The van der Waals surface area contributed by atoms with Crippen LogP contribution in [-0.4, -0.2) is 15.7 Å². The van der Waals surface area contributed by atoms with Gasteiger partial charge in [-0.05, 0) is 25.1 Å². The van der Waals surface area contributed by atoms with Crippen LogP contribution in [-0.2, 0) is 13.6 Å². The highest BCUT2D eigenvalue weighted by molar-refractivity contribution is 5.94. The summed E-state index contributed by atoms with van der Waals surface area (Å²) in [6, 6.07) is 8.64. The molecule has 19 heavy (non-hydrogen) atoms. The van der Waals surface area contributed by atoms with Crippen molar-refractivity contribution in [1.29, 1.82) is 5.26 Å². The van der Waals surface area contributed by atoms with Gasteiger partial charge in [0, 0.05) is 30.9 Å². The number of nitriles is 1. The molecule has 1 aromatic carbocycles. The number of nitrogens with zero attached hydrogens (tertiary/aromatic N) is 3. The van der Waals surface area contributed by atoms with Crippen molar-refractivity contribution in [2.45, 2.75) is 13.5 Å². The third kappa shape index (κ3) is 2.99. The highest BCUT2D eigenvalue weighted by Crippen LogP contribution is 2.07. The molecule has 0 saturated heterocycles. The number of aromatic nitrogens is 2. The second-order valence-electron chi connectivity index (χ2n) is 4.29. The third-order valence-corrected chi connectivity index (χ3v) is 2.81. The molecule has 0 spiro atoms. The number of amides is 1. The highest BCUT2D eigenvalue weighted by atomic mass is 16.1. The van der Waals surface area contributed by atoms with Crippen molar-refractivity contribution in [3.8, 4) is 6.07 Å². The largest absolute Gasteiger partial charge is 0.348 e. The molecular formula is C14H14N4O. The highest BCUT2D eigenvalue weighted by Gasteiger charge is 2.08. The summed E-state index contributed by atoms with van der Waals surface area (Å²) in [5.74, 6) is -0.194. The molecule has 0 fully saturated rings. The molecule has 2 rings (SSSR count). The molecule has 5 nitrogen and oxygen atoms in total. The Morgan fingerprint density at radius 3 is 2.95 bits per heavy atom. The molecule has 5 heteroatoms. The molecule has 1 heterocycles. The van der Waals surface area contributed by atoms with Crippen LogP contribution in [0.15, 0.2) is 30.5 Å². The van der Waals surface area contributed by atoms with Gasteiger partial charge in [0.1, 0.15) is 0 Å². The second kappa shape index (κ2) is 5.36. The van der Waals surface area contributed by atoms with E-state index in [-0.39, 0.29) is 5.91 Å². The summed E-state index contributed by atoms with van der Waals surface area (Å²) in [6.07, 6.45) is 1.88. The van der Waals surface area contributed by atoms with Crippen molar-refractivity contribution in [1.82, 2.24) is 15.1 Å². The van der Waals surface area contributed by atoms with E-state index in [9.17, 15) is 4.79 Å². The number of nitrogens with one attached hydrogen (secondary N) is 1. The molecule has 0 aliphatic heterocycles. The van der Waals surface area contributed by atoms with E-state index in [2.05, 4.69) is 10.4 Å². The average Bonchev–Trinajstić information content (AvgIpc) is 2.74. The van der Waals surface area contributed by atoms with Gasteiger partial charge in [-0.2, -0.15) is 10.4 Å². The lowest BCUT2D eigenvalue weighted by atomic mass is 10.1. The molecule has 0 atom stereocenters. The summed E-state index contributed by atoms with van der Waals surface area (Å²) in [5.41, 5.74) is 2.84. The Kier molecular flexibility index (Phi) is 3.62. The minimum Gasteiger partial charge on any atom is -0.348 e. The Hall–Kier alpha value is -2.61. The fraction of sp³-hybridized carbons (Fsp3) is 0.214. The second-order valence-corrected chi connectivity index (χ2v) is 4.29. The normalized spacial score (nSPS) is 9.95. The van der Waals surface area contributed by atoms with Gasteiger partial charge in [0.25, 0.3) is 5.91 Å². The Labute approximate surface area is 111 Å². The predicted molar refractivity (Wildman–Crippen MR) is 70.3 cm³/mol. The van der Waals surface area contributed by atoms with Gasteiger partial charge >= 0.3 is 0 Å². The Balaban J connectivity index is 2.05. The first-order chi connectivity index (χ1) is 9.10. The van der Waals surface area contributed by atoms with E-state index in [1.54, 1.807) is 28.9 Å². The topological polar surface area (TPSA) is 70.7 Å². The SMILES string of the molecule is Cc1nn(C)cc1CNC(=O)c1cccc(C#N)c1. The average molecular weight is 254 g/mol. The van der Waals surface area contributed by atoms with Gasteiger partial charge in [-0.3, -0.25) is 9.48 Å². The molecule has 0 unspecified atom stereocenters. The zero-order chi connectivity index (χ0) is 13.8. The minimum absolute atomic E-state index is 0.194. The minimum atomic E-state index is -0.194. The maximum atomic E-state index is 12.0. The third-order valence-electron chi connectivity index (χ3n) is 2.81. The van der Waals surface area contributed by atoms with Crippen LogP contribution < -0.4 is 5.32 Å². The van der Waals surface area contributed by atoms with E-state index >= 15 is 0 Å². The van der Waals surface area contributed by atoms with Gasteiger partial charge in [-0.1, -0.05) is 6.07 Å². The van der Waals surface area contributed by atoms with Gasteiger partial charge in [0.2, 0.25) is 0 Å². The Morgan fingerprint density at radius 1 is 1.53 bits per heavy atom. The number of carbonyl (C=O) groups is 1. The number of hydrogen-bond donors (Lipinski definition) is 1. The van der Waals surface area contributed by atoms with Crippen molar-refractivity contribution < 1.29 is 4.79 Å². The van der Waals surface area contributed by atoms with Gasteiger partial charge in [0.05, 0.1) is 17.3 Å². The van der Waals surface area contributed by atoms with Crippen LogP contribution in [0, 0.1) is 18.3 Å². The molecule has 0 saturated carbocycles. The standard InChI is InChI=1S/C14H14N4O/c1-10-13(9-18(2)17-10)8-16-14(19)12-5-3-4-11(6-12)7-15/h3-6,9H,8H2,1-2H3,(H,16,19). The van der Waals surface area contributed by atoms with E-state index in [0.29, 0.717) is 17.7 Å². The summed E-state index contributed by atoms with van der Waals surface area (Å²) in [6.45, 7) is 2.33. The lowest BCUT2D eigenvalue weighted by Gasteiger charge is -2.04. The molecule has 1 aromatic heterocycles. The molecule has 0 aliphatic rings. The number of hydrogen-bond acceptors (Lipinski definition) is 3. The van der Waals surface area contributed by atoms with Gasteiger partial charge < -0.3 is 5.32 Å². The maximum Gasteiger partial charge on any atom is 0.251 e. The van der Waals surface area contributed by atoms with Crippen molar-refractivity contribution in [2.75, 3.05) is 0 Å². The summed E-state index contributed by atoms with van der Waals surface area (Å²) in [4.78, 5) is 12.0. The molecule has 0 bridgehead atoms. The fourth-order valence-electron chi connectivity index (χ4n) is 1.83. The molecule has 1 amide bonds. The lowest BCUT2D eigenvalue weighted by Crippen LogP contribution is -2.23. The van der Waals surface area contributed by atoms with Crippen LogP contribution in [0.25, 0.3) is 0 Å². The zero-order valence-electron chi connectivity index (χ0n) is 10.8. The zero-order valence-corrected chi connectivity index (χ0v) is 10.8. The van der Waals surface area contributed by atoms with Gasteiger partial charge in [-0.25, -0.2) is 0 Å². The number of carbonyl (C=O) groups excluding carboxylic acids is 1. The molecule has 0 radical (unpaired) electrons. The van der Waals surface area contributed by atoms with Crippen LogP contribution >= 0.6 is 0 Å². The lowest BCUT2D eigenvalue weighted by molar-refractivity contribution is 0.0951. The molecule has 96 valence electrons. The van der Waals surface area contributed by atoms with Crippen LogP contribution in [0.3, 0.4) is 0 Å².